The summed E-state index contributed by atoms with van der Waals surface area (Å²) in [5.74, 6) is 2.18. The summed E-state index contributed by atoms with van der Waals surface area (Å²) in [6.45, 7) is 10.3. The second kappa shape index (κ2) is 9.56. The molecule has 30 heavy (non-hydrogen) atoms. The molecule has 6 nitrogen and oxygen atoms in total. The van der Waals surface area contributed by atoms with Gasteiger partial charge in [0.1, 0.15) is 12.1 Å². The average Bonchev–Trinajstić information content (AvgIpc) is 2.71. The predicted molar refractivity (Wildman–Crippen MR) is 118 cm³/mol. The number of hydrogen-bond acceptors (Lipinski definition) is 6. The second-order valence-electron chi connectivity index (χ2n) is 9.54. The summed E-state index contributed by atoms with van der Waals surface area (Å²) in [6.07, 6.45) is 2.70. The number of piperidine rings is 1. The van der Waals surface area contributed by atoms with Gasteiger partial charge in [-0.25, -0.2) is 0 Å². The molecule has 0 aromatic heterocycles. The van der Waals surface area contributed by atoms with Crippen molar-refractivity contribution in [3.8, 4) is 11.5 Å². The number of hydrogen-bond donors (Lipinski definition) is 1. The number of esters is 1. The van der Waals surface area contributed by atoms with E-state index in [0.29, 0.717) is 11.8 Å². The van der Waals surface area contributed by atoms with Crippen LogP contribution in [0, 0.1) is 17.8 Å². The molecule has 0 bridgehead atoms. The van der Waals surface area contributed by atoms with Crippen LogP contribution >= 0.6 is 0 Å². The van der Waals surface area contributed by atoms with E-state index >= 15 is 0 Å². The molecule has 0 amide bonds. The summed E-state index contributed by atoms with van der Waals surface area (Å²) >= 11 is 0. The zero-order valence-electron chi connectivity index (χ0n) is 19.3. The van der Waals surface area contributed by atoms with Crippen LogP contribution in [0.15, 0.2) is 12.1 Å². The molecule has 2 heterocycles. The fourth-order valence-corrected chi connectivity index (χ4v) is 4.88. The van der Waals surface area contributed by atoms with Crippen molar-refractivity contribution >= 4 is 5.97 Å². The molecule has 1 aromatic carbocycles. The van der Waals surface area contributed by atoms with Crippen molar-refractivity contribution in [2.75, 3.05) is 27.3 Å². The van der Waals surface area contributed by atoms with Crippen LogP contribution in [0.1, 0.15) is 57.7 Å². The molecular weight excluding hydrogens is 380 g/mol. The fraction of sp³-hybridized carbons (Fsp3) is 0.708. The Bertz CT molecular complexity index is 749. The van der Waals surface area contributed by atoms with Crippen molar-refractivity contribution in [2.24, 2.45) is 23.5 Å². The molecule has 6 heteroatoms. The first-order valence-electron chi connectivity index (χ1n) is 11.2. The molecule has 3 rings (SSSR count). The monoisotopic (exact) mass is 418 g/mol. The Morgan fingerprint density at radius 3 is 2.43 bits per heavy atom. The largest absolute Gasteiger partial charge is 0.493 e. The van der Waals surface area contributed by atoms with E-state index in [-0.39, 0.29) is 24.0 Å². The van der Waals surface area contributed by atoms with E-state index in [2.05, 4.69) is 30.9 Å². The number of carbonyl (C=O) groups is 1. The third-order valence-corrected chi connectivity index (χ3v) is 6.60. The highest BCUT2D eigenvalue weighted by Crippen LogP contribution is 2.44. The number of ether oxygens (including phenoxy) is 3. The maximum atomic E-state index is 12.7. The Balaban J connectivity index is 1.88. The van der Waals surface area contributed by atoms with Crippen molar-refractivity contribution in [1.29, 1.82) is 0 Å². The lowest BCUT2D eigenvalue weighted by Crippen LogP contribution is -2.51. The highest BCUT2D eigenvalue weighted by atomic mass is 16.5. The van der Waals surface area contributed by atoms with Gasteiger partial charge in [-0.15, -0.1) is 0 Å². The van der Waals surface area contributed by atoms with E-state index in [1.807, 2.05) is 13.8 Å². The van der Waals surface area contributed by atoms with Crippen LogP contribution in [-0.4, -0.2) is 50.3 Å². The summed E-state index contributed by atoms with van der Waals surface area (Å²) in [5, 5.41) is 0. The lowest BCUT2D eigenvalue weighted by molar-refractivity contribution is -0.160. The van der Waals surface area contributed by atoms with Crippen molar-refractivity contribution < 1.29 is 19.0 Å². The quantitative estimate of drug-likeness (QED) is 0.683. The molecule has 0 radical (unpaired) electrons. The standard InChI is InChI=1S/C24H38N2O4/c1-14(2)9-17-13-26-8-7-16-10-21(28-5)22(29-6)11-18(16)19(26)12-20(17)30-24(27)23(25)15(3)4/h10-11,14-15,17,19-20,23H,7-9,12-13,25H2,1-6H3/t17?,19-,20-,23+/m1/s1. The van der Waals surface area contributed by atoms with Crippen molar-refractivity contribution in [2.45, 2.75) is 65.1 Å². The normalized spacial score (nSPS) is 24.9. The van der Waals surface area contributed by atoms with E-state index in [9.17, 15) is 4.79 Å². The zero-order valence-corrected chi connectivity index (χ0v) is 19.3. The van der Waals surface area contributed by atoms with Gasteiger partial charge in [-0.05, 0) is 47.9 Å². The summed E-state index contributed by atoms with van der Waals surface area (Å²) in [5.41, 5.74) is 8.64. The van der Waals surface area contributed by atoms with Gasteiger partial charge in [0.2, 0.25) is 0 Å². The third kappa shape index (κ3) is 4.75. The highest BCUT2D eigenvalue weighted by molar-refractivity contribution is 5.76. The summed E-state index contributed by atoms with van der Waals surface area (Å²) in [6, 6.07) is 3.84. The smallest absolute Gasteiger partial charge is 0.323 e. The molecule has 2 aliphatic rings. The van der Waals surface area contributed by atoms with Crippen LogP contribution in [0.5, 0.6) is 11.5 Å². The first kappa shape index (κ1) is 22.9. The minimum Gasteiger partial charge on any atom is -0.493 e. The molecule has 1 fully saturated rings. The molecule has 1 saturated heterocycles. The average molecular weight is 419 g/mol. The van der Waals surface area contributed by atoms with E-state index in [1.165, 1.54) is 11.1 Å². The molecule has 1 unspecified atom stereocenters. The van der Waals surface area contributed by atoms with Gasteiger partial charge >= 0.3 is 5.97 Å². The number of benzene rings is 1. The van der Waals surface area contributed by atoms with Gasteiger partial charge in [0.25, 0.3) is 0 Å². The molecular formula is C24H38N2O4. The van der Waals surface area contributed by atoms with E-state index < -0.39 is 6.04 Å². The number of nitrogens with zero attached hydrogens (tertiary/aromatic N) is 1. The Morgan fingerprint density at radius 2 is 1.83 bits per heavy atom. The highest BCUT2D eigenvalue weighted by Gasteiger charge is 2.41. The third-order valence-electron chi connectivity index (χ3n) is 6.60. The second-order valence-corrected chi connectivity index (χ2v) is 9.54. The number of rotatable bonds is 7. The number of fused-ring (bicyclic) bond motifs is 3. The van der Waals surface area contributed by atoms with E-state index in [4.69, 9.17) is 19.9 Å². The van der Waals surface area contributed by atoms with Gasteiger partial charge in [0.15, 0.2) is 11.5 Å². The molecule has 0 aliphatic carbocycles. The van der Waals surface area contributed by atoms with Crippen LogP contribution < -0.4 is 15.2 Å². The molecule has 2 N–H and O–H groups in total. The van der Waals surface area contributed by atoms with Crippen LogP contribution in [0.4, 0.5) is 0 Å². The molecule has 2 aliphatic heterocycles. The first-order chi connectivity index (χ1) is 14.2. The fourth-order valence-electron chi connectivity index (χ4n) is 4.88. The van der Waals surface area contributed by atoms with Gasteiger partial charge in [-0.1, -0.05) is 27.7 Å². The van der Waals surface area contributed by atoms with Gasteiger partial charge < -0.3 is 19.9 Å². The summed E-state index contributed by atoms with van der Waals surface area (Å²) in [7, 11) is 3.34. The minimum atomic E-state index is -0.578. The van der Waals surface area contributed by atoms with Crippen LogP contribution in [0.2, 0.25) is 0 Å². The van der Waals surface area contributed by atoms with Crippen molar-refractivity contribution in [1.82, 2.24) is 4.90 Å². The van der Waals surface area contributed by atoms with Crippen LogP contribution in [0.3, 0.4) is 0 Å². The summed E-state index contributed by atoms with van der Waals surface area (Å²) < 4.78 is 17.1. The molecule has 0 spiro atoms. The molecule has 1 aromatic rings. The SMILES string of the molecule is COc1cc2c(cc1OC)[C@H]1C[C@@H](OC(=O)[C@@H](N)C(C)C)C(CC(C)C)CN1CC2. The van der Waals surface area contributed by atoms with E-state index in [1.54, 1.807) is 14.2 Å². The zero-order chi connectivity index (χ0) is 22.0. The Hall–Kier alpha value is -1.79. The predicted octanol–water partition coefficient (Wildman–Crippen LogP) is 3.56. The van der Waals surface area contributed by atoms with Crippen molar-refractivity contribution in [3.63, 3.8) is 0 Å². The van der Waals surface area contributed by atoms with Crippen molar-refractivity contribution in [3.05, 3.63) is 23.3 Å². The van der Waals surface area contributed by atoms with Crippen LogP contribution in [0.25, 0.3) is 0 Å². The van der Waals surface area contributed by atoms with E-state index in [0.717, 1.165) is 43.9 Å². The Kier molecular flexibility index (Phi) is 7.30. The molecule has 168 valence electrons. The topological polar surface area (TPSA) is 74.0 Å². The van der Waals surface area contributed by atoms with Crippen LogP contribution in [-0.2, 0) is 16.0 Å². The number of methoxy groups -OCH3 is 2. The van der Waals surface area contributed by atoms with Gasteiger partial charge in [0.05, 0.1) is 14.2 Å². The molecule has 0 saturated carbocycles. The minimum absolute atomic E-state index is 0.0632. The van der Waals surface area contributed by atoms with Gasteiger partial charge in [0, 0.05) is 31.5 Å². The number of carbonyl (C=O) groups excluding carboxylic acids is 1. The number of nitrogens with two attached hydrogens (primary N) is 1. The first-order valence-corrected chi connectivity index (χ1v) is 11.2. The Labute approximate surface area is 181 Å². The summed E-state index contributed by atoms with van der Waals surface area (Å²) in [4.78, 5) is 15.2. The molecule has 4 atom stereocenters. The van der Waals surface area contributed by atoms with Gasteiger partial charge in [-0.2, -0.15) is 0 Å². The Morgan fingerprint density at radius 1 is 1.17 bits per heavy atom. The lowest BCUT2D eigenvalue weighted by atomic mass is 9.79. The lowest BCUT2D eigenvalue weighted by Gasteiger charge is -2.47. The van der Waals surface area contributed by atoms with Gasteiger partial charge in [-0.3, -0.25) is 9.69 Å². The maximum absolute atomic E-state index is 12.7. The maximum Gasteiger partial charge on any atom is 0.323 e.